The van der Waals surface area contributed by atoms with Gasteiger partial charge in [-0.3, -0.25) is 4.79 Å². The van der Waals surface area contributed by atoms with E-state index >= 15 is 0 Å². The molecule has 0 atom stereocenters. The van der Waals surface area contributed by atoms with E-state index in [-0.39, 0.29) is 11.5 Å². The van der Waals surface area contributed by atoms with E-state index in [0.717, 1.165) is 6.07 Å². The highest BCUT2D eigenvalue weighted by Gasteiger charge is 2.17. The van der Waals surface area contributed by atoms with Gasteiger partial charge in [0.25, 0.3) is 5.56 Å². The number of H-pyrrole nitrogens is 1. The summed E-state index contributed by atoms with van der Waals surface area (Å²) in [6, 6.07) is 9.98. The molecule has 0 spiro atoms. The number of carbonyl (C=O) groups is 1. The van der Waals surface area contributed by atoms with E-state index < -0.39 is 16.9 Å². The number of para-hydroxylation sites is 1. The first-order valence-electron chi connectivity index (χ1n) is 7.30. The number of ether oxygens (including phenoxy) is 1. The molecular formula is C17H17N3O4. The number of nitriles is 1. The lowest BCUT2D eigenvalue weighted by atomic mass is 9.92. The van der Waals surface area contributed by atoms with Crippen molar-refractivity contribution in [2.75, 3.05) is 6.61 Å². The monoisotopic (exact) mass is 327 g/mol. The van der Waals surface area contributed by atoms with Gasteiger partial charge in [0.15, 0.2) is 5.69 Å². The van der Waals surface area contributed by atoms with Crippen LogP contribution in [0.25, 0.3) is 11.4 Å². The molecule has 7 nitrogen and oxygen atoms in total. The Morgan fingerprint density at radius 1 is 1.42 bits per heavy atom. The molecule has 124 valence electrons. The molecule has 0 saturated carbocycles. The quantitative estimate of drug-likeness (QED) is 0.842. The normalized spacial score (nSPS) is 10.9. The van der Waals surface area contributed by atoms with Crippen molar-refractivity contribution in [3.8, 4) is 23.2 Å². The topological polar surface area (TPSA) is 116 Å². The molecule has 24 heavy (non-hydrogen) atoms. The maximum absolute atomic E-state index is 11.6. The Kier molecular flexibility index (Phi) is 4.99. The molecule has 1 aromatic carbocycles. The van der Waals surface area contributed by atoms with Gasteiger partial charge < -0.3 is 14.8 Å². The molecule has 0 amide bonds. The minimum absolute atomic E-state index is 0.120. The minimum Gasteiger partial charge on any atom is -0.493 e. The Labute approximate surface area is 138 Å². The Morgan fingerprint density at radius 2 is 2.12 bits per heavy atom. The molecule has 2 rings (SSSR count). The lowest BCUT2D eigenvalue weighted by molar-refractivity contribution is 0.0690. The van der Waals surface area contributed by atoms with Crippen LogP contribution in [0.3, 0.4) is 0 Å². The van der Waals surface area contributed by atoms with Gasteiger partial charge in [-0.25, -0.2) is 9.78 Å². The molecule has 1 aromatic heterocycles. The number of aromatic amines is 1. The van der Waals surface area contributed by atoms with Gasteiger partial charge >= 0.3 is 5.97 Å². The second kappa shape index (κ2) is 6.96. The van der Waals surface area contributed by atoms with Gasteiger partial charge in [0.1, 0.15) is 11.6 Å². The molecule has 2 aromatic rings. The van der Waals surface area contributed by atoms with E-state index in [2.05, 4.69) is 16.0 Å². The van der Waals surface area contributed by atoms with Crippen molar-refractivity contribution in [2.24, 2.45) is 5.41 Å². The fraction of sp³-hybridized carbons (Fsp3) is 0.294. The van der Waals surface area contributed by atoms with Gasteiger partial charge in [-0.1, -0.05) is 12.1 Å². The number of hydrogen-bond donors (Lipinski definition) is 2. The number of carboxylic acids is 1. The molecular weight excluding hydrogens is 310 g/mol. The van der Waals surface area contributed by atoms with Gasteiger partial charge in [0.2, 0.25) is 0 Å². The van der Waals surface area contributed by atoms with Crippen LogP contribution >= 0.6 is 0 Å². The number of benzene rings is 1. The van der Waals surface area contributed by atoms with Crippen LogP contribution in [0.2, 0.25) is 0 Å². The third kappa shape index (κ3) is 4.20. The first-order chi connectivity index (χ1) is 11.3. The first kappa shape index (κ1) is 17.2. The second-order valence-corrected chi connectivity index (χ2v) is 5.87. The van der Waals surface area contributed by atoms with Crippen LogP contribution in [0.15, 0.2) is 35.1 Å². The van der Waals surface area contributed by atoms with Crippen molar-refractivity contribution in [1.82, 2.24) is 9.97 Å². The minimum atomic E-state index is -1.28. The van der Waals surface area contributed by atoms with E-state index in [1.54, 1.807) is 24.3 Å². The summed E-state index contributed by atoms with van der Waals surface area (Å²) >= 11 is 0. The molecule has 0 bridgehead atoms. The highest BCUT2D eigenvalue weighted by molar-refractivity contribution is 5.85. The van der Waals surface area contributed by atoms with E-state index in [4.69, 9.17) is 15.1 Å². The summed E-state index contributed by atoms with van der Waals surface area (Å²) < 4.78 is 5.71. The first-order valence-corrected chi connectivity index (χ1v) is 7.30. The van der Waals surface area contributed by atoms with Crippen LogP contribution in [0.4, 0.5) is 0 Å². The number of carboxylic acid groups (broad SMARTS) is 1. The summed E-state index contributed by atoms with van der Waals surface area (Å²) in [6.07, 6.45) is 0.525. The second-order valence-electron chi connectivity index (χ2n) is 5.87. The van der Waals surface area contributed by atoms with Crippen molar-refractivity contribution < 1.29 is 14.6 Å². The van der Waals surface area contributed by atoms with E-state index in [1.807, 2.05) is 13.8 Å². The molecule has 0 aliphatic rings. The molecule has 0 aliphatic heterocycles. The molecule has 7 heteroatoms. The predicted molar refractivity (Wildman–Crippen MR) is 86.8 cm³/mol. The van der Waals surface area contributed by atoms with Crippen LogP contribution in [0, 0.1) is 16.7 Å². The summed E-state index contributed by atoms with van der Waals surface area (Å²) in [5, 5.41) is 18.1. The Hall–Kier alpha value is -3.14. The summed E-state index contributed by atoms with van der Waals surface area (Å²) in [4.78, 5) is 29.2. The average molecular weight is 327 g/mol. The molecule has 0 saturated heterocycles. The average Bonchev–Trinajstić information content (AvgIpc) is 2.54. The van der Waals surface area contributed by atoms with Crippen molar-refractivity contribution in [1.29, 1.82) is 5.26 Å². The fourth-order valence-electron chi connectivity index (χ4n) is 1.95. The SMILES string of the molecule is CC(C)(C#N)CCOc1ccccc1-c1nc(C(=O)O)cc(=O)[nH]1. The summed E-state index contributed by atoms with van der Waals surface area (Å²) in [5.41, 5.74) is -0.926. The molecule has 0 radical (unpaired) electrons. The summed E-state index contributed by atoms with van der Waals surface area (Å²) in [7, 11) is 0. The van der Waals surface area contributed by atoms with Crippen molar-refractivity contribution >= 4 is 5.97 Å². The van der Waals surface area contributed by atoms with Crippen molar-refractivity contribution in [3.05, 3.63) is 46.4 Å². The lowest BCUT2D eigenvalue weighted by Crippen LogP contribution is -2.15. The number of aromatic nitrogens is 2. The Balaban J connectivity index is 2.31. The number of aromatic carboxylic acids is 1. The van der Waals surface area contributed by atoms with Crippen LogP contribution in [-0.2, 0) is 0 Å². The Bertz CT molecular complexity index is 849. The number of hydrogen-bond acceptors (Lipinski definition) is 5. The van der Waals surface area contributed by atoms with Gasteiger partial charge in [0, 0.05) is 6.07 Å². The number of rotatable bonds is 6. The molecule has 2 N–H and O–H groups in total. The van der Waals surface area contributed by atoms with Gasteiger partial charge in [-0.05, 0) is 32.4 Å². The highest BCUT2D eigenvalue weighted by atomic mass is 16.5. The third-order valence-corrected chi connectivity index (χ3v) is 3.39. The largest absolute Gasteiger partial charge is 0.493 e. The Morgan fingerprint density at radius 3 is 2.79 bits per heavy atom. The lowest BCUT2D eigenvalue weighted by Gasteiger charge is -2.16. The van der Waals surface area contributed by atoms with E-state index in [9.17, 15) is 9.59 Å². The molecule has 0 fully saturated rings. The maximum atomic E-state index is 11.6. The van der Waals surface area contributed by atoms with Gasteiger partial charge in [-0.15, -0.1) is 0 Å². The molecule has 0 aliphatic carbocycles. The number of nitrogens with one attached hydrogen (secondary N) is 1. The van der Waals surface area contributed by atoms with E-state index in [0.29, 0.717) is 24.3 Å². The predicted octanol–water partition coefficient (Wildman–Crippen LogP) is 2.45. The molecule has 1 heterocycles. The van der Waals surface area contributed by atoms with Gasteiger partial charge in [-0.2, -0.15) is 5.26 Å². The fourth-order valence-corrected chi connectivity index (χ4v) is 1.95. The zero-order chi connectivity index (χ0) is 17.7. The van der Waals surface area contributed by atoms with Crippen LogP contribution < -0.4 is 10.3 Å². The zero-order valence-corrected chi connectivity index (χ0v) is 13.4. The smallest absolute Gasteiger partial charge is 0.354 e. The van der Waals surface area contributed by atoms with E-state index in [1.165, 1.54) is 0 Å². The zero-order valence-electron chi connectivity index (χ0n) is 13.4. The third-order valence-electron chi connectivity index (χ3n) is 3.39. The standard InChI is InChI=1S/C17H17N3O4/c1-17(2,10-18)7-8-24-13-6-4-3-5-11(13)15-19-12(16(22)23)9-14(21)20-15/h3-6,9H,7-8H2,1-2H3,(H,22,23)(H,19,20,21). The highest BCUT2D eigenvalue weighted by Crippen LogP contribution is 2.28. The number of nitrogens with zero attached hydrogens (tertiary/aromatic N) is 2. The summed E-state index contributed by atoms with van der Waals surface area (Å²) in [6.45, 7) is 3.94. The molecule has 0 unspecified atom stereocenters. The summed E-state index contributed by atoms with van der Waals surface area (Å²) in [5.74, 6) is -0.705. The van der Waals surface area contributed by atoms with Crippen LogP contribution in [-0.4, -0.2) is 27.7 Å². The van der Waals surface area contributed by atoms with Crippen molar-refractivity contribution in [3.63, 3.8) is 0 Å². The van der Waals surface area contributed by atoms with Crippen molar-refractivity contribution in [2.45, 2.75) is 20.3 Å². The van der Waals surface area contributed by atoms with Crippen LogP contribution in [0.5, 0.6) is 5.75 Å². The van der Waals surface area contributed by atoms with Gasteiger partial charge in [0.05, 0.1) is 23.7 Å². The maximum Gasteiger partial charge on any atom is 0.354 e. The van der Waals surface area contributed by atoms with Crippen LogP contribution in [0.1, 0.15) is 30.8 Å².